The molecular weight excluding hydrogens is 675 g/mol. The number of imide groups is 1. The summed E-state index contributed by atoms with van der Waals surface area (Å²) < 4.78 is 41.4. The monoisotopic (exact) mass is 721 g/mol. The highest BCUT2D eigenvalue weighted by Gasteiger charge is 2.53. The number of carbonyl (C=O) groups excluding carboxylic acids is 3. The predicted octanol–water partition coefficient (Wildman–Crippen LogP) is 4.32. The first-order chi connectivity index (χ1) is 24.3. The van der Waals surface area contributed by atoms with E-state index in [2.05, 4.69) is 38.8 Å². The van der Waals surface area contributed by atoms with Gasteiger partial charge in [-0.25, -0.2) is 0 Å². The van der Waals surface area contributed by atoms with Crippen LogP contribution in [0.2, 0.25) is 18.1 Å². The number of benzene rings is 2. The van der Waals surface area contributed by atoms with E-state index in [1.807, 2.05) is 24.3 Å². The summed E-state index contributed by atoms with van der Waals surface area (Å²) in [7, 11) is 0.882. The van der Waals surface area contributed by atoms with Gasteiger partial charge in [-0.1, -0.05) is 20.8 Å². The standard InChI is InChI=1S/C37H47N3O10Si/c1-37(2,3)51(6,7)50-34-28(44-4)14-21(15-29(34)45-5)31-22-16-26-27(49-20-48-26)17-23(22)33(24-19-47-36(43)32(24)31)38-25-18-30(41)40(35(25)42)9-8-39-10-12-46-13-11-39/h14-17,24,31-33H,8-13,18-20H2,1-7H3/t24-,31+,32-,33+/m0/s1. The van der Waals surface area contributed by atoms with E-state index in [0.717, 1.165) is 29.8 Å². The van der Waals surface area contributed by atoms with Crippen LogP contribution in [0.25, 0.3) is 0 Å². The molecule has 0 N–H and O–H groups in total. The van der Waals surface area contributed by atoms with E-state index in [9.17, 15) is 14.4 Å². The third-order valence-electron chi connectivity index (χ3n) is 11.3. The molecule has 0 bridgehead atoms. The minimum Gasteiger partial charge on any atom is -0.539 e. The van der Waals surface area contributed by atoms with Crippen LogP contribution >= 0.6 is 0 Å². The largest absolute Gasteiger partial charge is 0.539 e. The van der Waals surface area contributed by atoms with E-state index >= 15 is 0 Å². The quantitative estimate of drug-likeness (QED) is 0.208. The molecule has 1 aliphatic carbocycles. The van der Waals surface area contributed by atoms with Gasteiger partial charge in [-0.05, 0) is 59.1 Å². The van der Waals surface area contributed by atoms with E-state index in [1.54, 1.807) is 14.2 Å². The van der Waals surface area contributed by atoms with Crippen molar-refractivity contribution in [3.63, 3.8) is 0 Å². The second-order valence-electron chi connectivity index (χ2n) is 15.3. The Kier molecular flexibility index (Phi) is 9.29. The molecule has 4 heterocycles. The van der Waals surface area contributed by atoms with Crippen molar-refractivity contribution >= 4 is 31.8 Å². The van der Waals surface area contributed by atoms with Crippen LogP contribution in [0.5, 0.6) is 28.7 Å². The summed E-state index contributed by atoms with van der Waals surface area (Å²) in [5, 5.41) is -0.0745. The fourth-order valence-electron chi connectivity index (χ4n) is 7.43. The molecule has 0 unspecified atom stereocenters. The van der Waals surface area contributed by atoms with Crippen LogP contribution in [0, 0.1) is 11.8 Å². The highest BCUT2D eigenvalue weighted by molar-refractivity contribution is 6.74. The van der Waals surface area contributed by atoms with Gasteiger partial charge in [-0.3, -0.25) is 29.2 Å². The summed E-state index contributed by atoms with van der Waals surface area (Å²) in [6, 6.07) is 6.96. The van der Waals surface area contributed by atoms with Crippen LogP contribution in [0.1, 0.15) is 55.8 Å². The van der Waals surface area contributed by atoms with E-state index < -0.39 is 38.0 Å². The number of nitrogens with zero attached hydrogens (tertiary/aromatic N) is 3. The molecule has 3 saturated heterocycles. The molecule has 0 radical (unpaired) electrons. The number of ether oxygens (including phenoxy) is 6. The van der Waals surface area contributed by atoms with Crippen molar-refractivity contribution in [3.8, 4) is 28.7 Å². The number of hydrogen-bond acceptors (Lipinski definition) is 12. The van der Waals surface area contributed by atoms with Gasteiger partial charge in [0, 0.05) is 38.0 Å². The average Bonchev–Trinajstić information content (AvgIpc) is 3.79. The summed E-state index contributed by atoms with van der Waals surface area (Å²) in [5.41, 5.74) is 2.52. The smallest absolute Gasteiger partial charge is 0.310 e. The summed E-state index contributed by atoms with van der Waals surface area (Å²) in [4.78, 5) is 49.1. The Labute approximate surface area is 299 Å². The van der Waals surface area contributed by atoms with Crippen molar-refractivity contribution in [3.05, 3.63) is 41.0 Å². The molecule has 3 fully saturated rings. The number of esters is 1. The maximum Gasteiger partial charge on any atom is 0.310 e. The molecule has 51 heavy (non-hydrogen) atoms. The topological polar surface area (TPSA) is 135 Å². The van der Waals surface area contributed by atoms with Gasteiger partial charge >= 0.3 is 5.97 Å². The van der Waals surface area contributed by atoms with E-state index in [4.69, 9.17) is 37.8 Å². The molecule has 2 aromatic carbocycles. The molecule has 0 saturated carbocycles. The molecule has 13 nitrogen and oxygen atoms in total. The maximum atomic E-state index is 13.7. The van der Waals surface area contributed by atoms with Crippen molar-refractivity contribution in [1.29, 1.82) is 0 Å². The minimum atomic E-state index is -2.30. The number of hydrogen-bond donors (Lipinski definition) is 0. The second-order valence-corrected chi connectivity index (χ2v) is 20.0. The first-order valence-corrected chi connectivity index (χ1v) is 20.5. The number of cyclic esters (lactones) is 1. The zero-order valence-electron chi connectivity index (χ0n) is 30.4. The second kappa shape index (κ2) is 13.4. The normalized spacial score (nSPS) is 25.6. The van der Waals surface area contributed by atoms with E-state index in [0.29, 0.717) is 48.5 Å². The molecular formula is C37H47N3O10Si. The lowest BCUT2D eigenvalue weighted by Crippen LogP contribution is -2.44. The Morgan fingerprint density at radius 2 is 1.55 bits per heavy atom. The van der Waals surface area contributed by atoms with Gasteiger partial charge in [0.25, 0.3) is 14.2 Å². The molecule has 7 rings (SSSR count). The Balaban J connectivity index is 1.29. The lowest BCUT2D eigenvalue weighted by molar-refractivity contribution is -0.142. The highest BCUT2D eigenvalue weighted by Crippen LogP contribution is 2.57. The van der Waals surface area contributed by atoms with Crippen LogP contribution < -0.4 is 23.4 Å². The summed E-state index contributed by atoms with van der Waals surface area (Å²) in [5.74, 6) is 0.000913. The first kappa shape index (κ1) is 35.3. The van der Waals surface area contributed by atoms with Crippen molar-refractivity contribution < 1.29 is 47.2 Å². The molecule has 2 amide bonds. The highest BCUT2D eigenvalue weighted by atomic mass is 28.4. The molecule has 4 aliphatic heterocycles. The zero-order chi connectivity index (χ0) is 36.2. The number of aliphatic imine (C=N–C) groups is 1. The lowest BCUT2D eigenvalue weighted by Gasteiger charge is -2.39. The Hall–Kier alpha value is -4.14. The zero-order valence-corrected chi connectivity index (χ0v) is 31.4. The number of morpholine rings is 1. The van der Waals surface area contributed by atoms with Gasteiger partial charge in [-0.2, -0.15) is 0 Å². The van der Waals surface area contributed by atoms with Crippen LogP contribution in [-0.2, 0) is 23.9 Å². The minimum absolute atomic E-state index is 0.0587. The molecule has 5 aliphatic rings. The summed E-state index contributed by atoms with van der Waals surface area (Å²) in [6.07, 6.45) is -0.0992. The van der Waals surface area contributed by atoms with Gasteiger partial charge in [-0.15, -0.1) is 0 Å². The van der Waals surface area contributed by atoms with Crippen LogP contribution in [0.4, 0.5) is 0 Å². The number of carbonyl (C=O) groups is 3. The molecule has 0 spiro atoms. The maximum absolute atomic E-state index is 13.7. The predicted molar refractivity (Wildman–Crippen MR) is 188 cm³/mol. The first-order valence-electron chi connectivity index (χ1n) is 17.6. The number of methoxy groups -OCH3 is 2. The van der Waals surface area contributed by atoms with E-state index in [-0.39, 0.29) is 49.0 Å². The van der Waals surface area contributed by atoms with Crippen LogP contribution in [0.3, 0.4) is 0 Å². The van der Waals surface area contributed by atoms with E-state index in [1.165, 1.54) is 4.90 Å². The van der Waals surface area contributed by atoms with Gasteiger partial charge in [0.15, 0.2) is 28.7 Å². The molecule has 14 heteroatoms. The van der Waals surface area contributed by atoms with Crippen molar-refractivity contribution in [2.75, 3.05) is 67.0 Å². The van der Waals surface area contributed by atoms with Crippen LogP contribution in [0.15, 0.2) is 29.3 Å². The Morgan fingerprint density at radius 1 is 0.902 bits per heavy atom. The van der Waals surface area contributed by atoms with Crippen molar-refractivity contribution in [2.45, 2.75) is 57.3 Å². The van der Waals surface area contributed by atoms with Crippen molar-refractivity contribution in [2.24, 2.45) is 16.8 Å². The summed E-state index contributed by atoms with van der Waals surface area (Å²) in [6.45, 7) is 14.6. The van der Waals surface area contributed by atoms with Gasteiger partial charge in [0.1, 0.15) is 5.71 Å². The van der Waals surface area contributed by atoms with Gasteiger partial charge in [0.2, 0.25) is 12.7 Å². The average molecular weight is 722 g/mol. The molecule has 4 atom stereocenters. The number of likely N-dealkylation sites (tertiary alicyclic amines) is 1. The fourth-order valence-corrected chi connectivity index (χ4v) is 8.45. The Morgan fingerprint density at radius 3 is 2.18 bits per heavy atom. The van der Waals surface area contributed by atoms with Gasteiger partial charge in [0.05, 0.1) is 52.4 Å². The lowest BCUT2D eigenvalue weighted by atomic mass is 9.65. The Bertz CT molecular complexity index is 1740. The summed E-state index contributed by atoms with van der Waals surface area (Å²) >= 11 is 0. The number of amides is 2. The number of fused-ring (bicyclic) bond motifs is 3. The molecule has 2 aromatic rings. The van der Waals surface area contributed by atoms with Crippen molar-refractivity contribution in [1.82, 2.24) is 9.80 Å². The van der Waals surface area contributed by atoms with Crippen LogP contribution in [-0.4, -0.2) is 109 Å². The fraction of sp³-hybridized carbons (Fsp3) is 0.568. The van der Waals surface area contributed by atoms with Gasteiger partial charge < -0.3 is 32.8 Å². The number of rotatable bonds is 9. The third-order valence-corrected chi connectivity index (χ3v) is 15.6. The molecule has 0 aromatic heterocycles. The third kappa shape index (κ3) is 6.35. The molecule has 274 valence electrons. The SMILES string of the molecule is COc1cc([C@@H]2c3cc4c(cc3[C@@H](N=C3CC(=O)N(CCN5CCOCC5)C3=O)[C@H]3COC(=O)[C@H]23)OCO4)cc(OC)c1O[Si](C)(C)C(C)(C)C.